The molecular formula is C13H15NO2S2. The van der Waals surface area contributed by atoms with Crippen LogP contribution in [-0.2, 0) is 4.79 Å². The molecule has 3 nitrogen and oxygen atoms in total. The zero-order valence-electron chi connectivity index (χ0n) is 10.3. The van der Waals surface area contributed by atoms with E-state index in [2.05, 4.69) is 4.98 Å². The molecule has 0 unspecified atom stereocenters. The van der Waals surface area contributed by atoms with E-state index in [0.29, 0.717) is 12.8 Å². The summed E-state index contributed by atoms with van der Waals surface area (Å²) >= 11 is 3.06. The molecule has 0 fully saturated rings. The first-order valence-corrected chi connectivity index (χ1v) is 7.57. The summed E-state index contributed by atoms with van der Waals surface area (Å²) in [5.74, 6) is -0.737. The van der Waals surface area contributed by atoms with E-state index in [9.17, 15) is 9.90 Å². The second-order valence-electron chi connectivity index (χ2n) is 4.05. The van der Waals surface area contributed by atoms with Crippen LogP contribution < -0.4 is 0 Å². The molecular weight excluding hydrogens is 266 g/mol. The van der Waals surface area contributed by atoms with Gasteiger partial charge in [-0.15, -0.1) is 23.1 Å². The summed E-state index contributed by atoms with van der Waals surface area (Å²) in [5.41, 5.74) is 0.941. The molecule has 18 heavy (non-hydrogen) atoms. The number of fused-ring (bicyclic) bond motifs is 1. The largest absolute Gasteiger partial charge is 0.480 e. The predicted octanol–water partition coefficient (Wildman–Crippen LogP) is 4.03. The van der Waals surface area contributed by atoms with Gasteiger partial charge in [-0.05, 0) is 30.4 Å². The Morgan fingerprint density at radius 3 is 2.78 bits per heavy atom. The molecule has 0 radical (unpaired) electrons. The van der Waals surface area contributed by atoms with Gasteiger partial charge in [0.15, 0.2) is 0 Å². The van der Waals surface area contributed by atoms with Gasteiger partial charge in [0.25, 0.3) is 0 Å². The summed E-state index contributed by atoms with van der Waals surface area (Å²) in [6.45, 7) is 3.86. The molecule has 0 saturated carbocycles. The number of hydrogen-bond donors (Lipinski definition) is 1. The molecule has 0 aliphatic carbocycles. The number of aromatic nitrogens is 1. The molecule has 2 heterocycles. The third-order valence-electron chi connectivity index (χ3n) is 3.15. The molecule has 0 amide bonds. The summed E-state index contributed by atoms with van der Waals surface area (Å²) in [7, 11) is 0. The van der Waals surface area contributed by atoms with Crippen molar-refractivity contribution in [3.63, 3.8) is 0 Å². The van der Waals surface area contributed by atoms with E-state index < -0.39 is 10.7 Å². The van der Waals surface area contributed by atoms with E-state index in [1.807, 2.05) is 31.4 Å². The van der Waals surface area contributed by atoms with Crippen LogP contribution in [-0.4, -0.2) is 20.8 Å². The maximum absolute atomic E-state index is 11.5. The van der Waals surface area contributed by atoms with E-state index in [1.54, 1.807) is 17.5 Å². The van der Waals surface area contributed by atoms with E-state index in [0.717, 1.165) is 15.1 Å². The van der Waals surface area contributed by atoms with Gasteiger partial charge in [0.1, 0.15) is 4.75 Å². The number of thioether (sulfide) groups is 1. The van der Waals surface area contributed by atoms with Gasteiger partial charge in [-0.1, -0.05) is 13.8 Å². The lowest BCUT2D eigenvalue weighted by Crippen LogP contribution is -2.33. The van der Waals surface area contributed by atoms with Crippen molar-refractivity contribution in [3.05, 3.63) is 23.7 Å². The Morgan fingerprint density at radius 1 is 1.44 bits per heavy atom. The molecule has 2 aromatic rings. The van der Waals surface area contributed by atoms with Crippen LogP contribution in [0.5, 0.6) is 0 Å². The number of pyridine rings is 1. The maximum Gasteiger partial charge on any atom is 0.320 e. The van der Waals surface area contributed by atoms with Crippen molar-refractivity contribution >= 4 is 39.3 Å². The molecule has 96 valence electrons. The lowest BCUT2D eigenvalue weighted by molar-refractivity contribution is -0.140. The molecule has 5 heteroatoms. The minimum atomic E-state index is -0.738. The standard InChI is InChI=1S/C13H15NO2S2/c1-3-13(4-2,12(15)16)18-10-5-7-14-9-6-8-17-11(9)10/h5-8H,3-4H2,1-2H3,(H,15,16). The number of aliphatic carboxylic acids is 1. The highest BCUT2D eigenvalue weighted by Gasteiger charge is 2.36. The van der Waals surface area contributed by atoms with Gasteiger partial charge in [-0.3, -0.25) is 9.78 Å². The lowest BCUT2D eigenvalue weighted by Gasteiger charge is -2.26. The minimum absolute atomic E-state index is 0.610. The van der Waals surface area contributed by atoms with Gasteiger partial charge >= 0.3 is 5.97 Å². The quantitative estimate of drug-likeness (QED) is 0.841. The molecule has 0 aliphatic heterocycles. The first kappa shape index (κ1) is 13.4. The van der Waals surface area contributed by atoms with Crippen molar-refractivity contribution in [1.82, 2.24) is 4.98 Å². The first-order valence-electron chi connectivity index (χ1n) is 5.87. The summed E-state index contributed by atoms with van der Waals surface area (Å²) in [5, 5.41) is 11.5. The molecule has 0 aromatic carbocycles. The normalized spacial score (nSPS) is 11.9. The van der Waals surface area contributed by atoms with Crippen LogP contribution in [0.15, 0.2) is 28.6 Å². The van der Waals surface area contributed by atoms with Crippen LogP contribution in [0, 0.1) is 0 Å². The Morgan fingerprint density at radius 2 is 2.17 bits per heavy atom. The third-order valence-corrected chi connectivity index (χ3v) is 5.91. The zero-order valence-corrected chi connectivity index (χ0v) is 12.0. The molecule has 0 bridgehead atoms. The molecule has 0 atom stereocenters. The van der Waals surface area contributed by atoms with Gasteiger partial charge in [0, 0.05) is 11.1 Å². The van der Waals surface area contributed by atoms with Crippen LogP contribution in [0.4, 0.5) is 0 Å². The average molecular weight is 281 g/mol. The second-order valence-corrected chi connectivity index (χ2v) is 6.39. The second kappa shape index (κ2) is 5.28. The Balaban J connectivity index is 2.43. The van der Waals surface area contributed by atoms with Crippen LogP contribution in [0.1, 0.15) is 26.7 Å². The predicted molar refractivity (Wildman–Crippen MR) is 76.4 cm³/mol. The van der Waals surface area contributed by atoms with Gasteiger partial charge in [-0.25, -0.2) is 0 Å². The van der Waals surface area contributed by atoms with Crippen molar-refractivity contribution in [2.24, 2.45) is 0 Å². The van der Waals surface area contributed by atoms with Crippen LogP contribution in [0.3, 0.4) is 0 Å². The first-order chi connectivity index (χ1) is 8.63. The number of carboxylic acids is 1. The number of hydrogen-bond acceptors (Lipinski definition) is 4. The SMILES string of the molecule is CCC(CC)(Sc1ccnc2ccsc12)C(=O)O. The van der Waals surface area contributed by atoms with Crippen molar-refractivity contribution < 1.29 is 9.90 Å². The van der Waals surface area contributed by atoms with E-state index in [-0.39, 0.29) is 0 Å². The van der Waals surface area contributed by atoms with Crippen molar-refractivity contribution in [1.29, 1.82) is 0 Å². The van der Waals surface area contributed by atoms with Gasteiger partial charge < -0.3 is 5.11 Å². The monoisotopic (exact) mass is 281 g/mol. The van der Waals surface area contributed by atoms with Crippen LogP contribution >= 0.6 is 23.1 Å². The lowest BCUT2D eigenvalue weighted by atomic mass is 10.0. The smallest absolute Gasteiger partial charge is 0.320 e. The summed E-state index contributed by atoms with van der Waals surface area (Å²) in [6.07, 6.45) is 2.96. The number of carboxylic acid groups (broad SMARTS) is 1. The fourth-order valence-corrected chi connectivity index (χ4v) is 4.03. The van der Waals surface area contributed by atoms with Crippen molar-refractivity contribution in [3.8, 4) is 0 Å². The summed E-state index contributed by atoms with van der Waals surface area (Å²) < 4.78 is 0.341. The number of rotatable bonds is 5. The zero-order chi connectivity index (χ0) is 13.2. The third kappa shape index (κ3) is 2.24. The van der Waals surface area contributed by atoms with Gasteiger partial charge in [0.05, 0.1) is 10.2 Å². The summed E-state index contributed by atoms with van der Waals surface area (Å²) in [4.78, 5) is 16.8. The van der Waals surface area contributed by atoms with E-state index in [1.165, 1.54) is 11.8 Å². The topological polar surface area (TPSA) is 50.2 Å². The highest BCUT2D eigenvalue weighted by Crippen LogP contribution is 2.42. The average Bonchev–Trinajstić information content (AvgIpc) is 2.84. The Kier molecular flexibility index (Phi) is 3.92. The van der Waals surface area contributed by atoms with Gasteiger partial charge in [0.2, 0.25) is 0 Å². The Bertz CT molecular complexity index is 561. The maximum atomic E-state index is 11.5. The molecule has 0 saturated heterocycles. The fraction of sp³-hybridized carbons (Fsp3) is 0.385. The highest BCUT2D eigenvalue weighted by atomic mass is 32.2. The van der Waals surface area contributed by atoms with E-state index in [4.69, 9.17) is 0 Å². The fourth-order valence-electron chi connectivity index (χ4n) is 1.88. The van der Waals surface area contributed by atoms with Crippen LogP contribution in [0.2, 0.25) is 0 Å². The Hall–Kier alpha value is -1.07. The number of thiophene rings is 1. The van der Waals surface area contributed by atoms with Crippen molar-refractivity contribution in [2.75, 3.05) is 0 Å². The molecule has 0 spiro atoms. The Labute approximate surface area is 114 Å². The highest BCUT2D eigenvalue weighted by molar-refractivity contribution is 8.01. The van der Waals surface area contributed by atoms with Crippen LogP contribution in [0.25, 0.3) is 10.2 Å². The molecule has 0 aliphatic rings. The number of nitrogens with zero attached hydrogens (tertiary/aromatic N) is 1. The molecule has 2 rings (SSSR count). The minimum Gasteiger partial charge on any atom is -0.480 e. The summed E-state index contributed by atoms with van der Waals surface area (Å²) in [6, 6.07) is 3.87. The van der Waals surface area contributed by atoms with E-state index >= 15 is 0 Å². The van der Waals surface area contributed by atoms with Crippen molar-refractivity contribution in [2.45, 2.75) is 36.3 Å². The molecule has 2 aromatic heterocycles. The van der Waals surface area contributed by atoms with Gasteiger partial charge in [-0.2, -0.15) is 0 Å². The number of carbonyl (C=O) groups is 1. The molecule has 1 N–H and O–H groups in total.